The summed E-state index contributed by atoms with van der Waals surface area (Å²) in [6.07, 6.45) is 4.30. The number of nitrogens with one attached hydrogen (secondary N) is 1. The molecule has 3 aromatic rings. The van der Waals surface area contributed by atoms with Crippen LogP contribution in [0.1, 0.15) is 15.9 Å². The van der Waals surface area contributed by atoms with E-state index < -0.39 is 0 Å². The molecule has 114 valence electrons. The van der Waals surface area contributed by atoms with Gasteiger partial charge < -0.3 is 11.1 Å². The fourth-order valence-electron chi connectivity index (χ4n) is 2.49. The lowest BCUT2D eigenvalue weighted by atomic mass is 9.98. The molecule has 0 spiro atoms. The second-order valence-electron chi connectivity index (χ2n) is 5.29. The second-order valence-corrected chi connectivity index (χ2v) is 5.29. The van der Waals surface area contributed by atoms with Crippen LogP contribution >= 0.6 is 0 Å². The van der Waals surface area contributed by atoms with E-state index in [0.717, 1.165) is 34.4 Å². The molecule has 3 N–H and O–H groups in total. The number of carbonyl (C=O) groups is 1. The molecule has 0 aliphatic carbocycles. The quantitative estimate of drug-likeness (QED) is 0.709. The SMILES string of the molecule is Cc1cncc(Nc2ccccc2-c2ccccc2C=O)c1N. The minimum absolute atomic E-state index is 0.650. The number of nitrogens with two attached hydrogens (primary N) is 1. The Kier molecular flexibility index (Phi) is 4.06. The summed E-state index contributed by atoms with van der Waals surface area (Å²) < 4.78 is 0. The van der Waals surface area contributed by atoms with Crippen LogP contribution < -0.4 is 11.1 Å². The lowest BCUT2D eigenvalue weighted by Gasteiger charge is -2.15. The smallest absolute Gasteiger partial charge is 0.150 e. The first-order chi connectivity index (χ1) is 11.2. The first-order valence-corrected chi connectivity index (χ1v) is 7.31. The Balaban J connectivity index is 2.08. The zero-order valence-electron chi connectivity index (χ0n) is 12.8. The normalized spacial score (nSPS) is 10.3. The molecule has 4 heteroatoms. The van der Waals surface area contributed by atoms with Crippen molar-refractivity contribution in [2.45, 2.75) is 6.92 Å². The van der Waals surface area contributed by atoms with Crippen LogP contribution in [0, 0.1) is 6.92 Å². The molecular formula is C19H17N3O. The Morgan fingerprint density at radius 1 is 0.957 bits per heavy atom. The van der Waals surface area contributed by atoms with E-state index in [4.69, 9.17) is 5.73 Å². The fraction of sp³-hybridized carbons (Fsp3) is 0.0526. The van der Waals surface area contributed by atoms with Gasteiger partial charge in [0.2, 0.25) is 0 Å². The molecule has 1 heterocycles. The maximum Gasteiger partial charge on any atom is 0.150 e. The third kappa shape index (κ3) is 2.92. The number of nitrogens with zero attached hydrogens (tertiary/aromatic N) is 1. The van der Waals surface area contributed by atoms with Crippen molar-refractivity contribution in [1.82, 2.24) is 4.98 Å². The lowest BCUT2D eigenvalue weighted by Crippen LogP contribution is -2.01. The molecule has 0 saturated heterocycles. The van der Waals surface area contributed by atoms with Crippen LogP contribution in [0.3, 0.4) is 0 Å². The number of rotatable bonds is 4. The average Bonchev–Trinajstić information content (AvgIpc) is 2.59. The third-order valence-electron chi connectivity index (χ3n) is 3.76. The molecule has 0 aliphatic heterocycles. The Labute approximate surface area is 135 Å². The maximum absolute atomic E-state index is 11.3. The first-order valence-electron chi connectivity index (χ1n) is 7.31. The Bertz CT molecular complexity index is 859. The number of carbonyl (C=O) groups excluding carboxylic acids is 1. The number of nitrogen functional groups attached to an aromatic ring is 1. The number of pyridine rings is 1. The van der Waals surface area contributed by atoms with Crippen LogP contribution in [0.2, 0.25) is 0 Å². The summed E-state index contributed by atoms with van der Waals surface area (Å²) in [6.45, 7) is 1.92. The maximum atomic E-state index is 11.3. The molecule has 4 nitrogen and oxygen atoms in total. The van der Waals surface area contributed by atoms with Gasteiger partial charge in [0.05, 0.1) is 17.6 Å². The van der Waals surface area contributed by atoms with Gasteiger partial charge in [-0.3, -0.25) is 9.78 Å². The number of benzene rings is 2. The van der Waals surface area contributed by atoms with E-state index in [0.29, 0.717) is 11.3 Å². The molecule has 0 fully saturated rings. The average molecular weight is 303 g/mol. The summed E-state index contributed by atoms with van der Waals surface area (Å²) in [6, 6.07) is 15.3. The molecule has 3 rings (SSSR count). The van der Waals surface area contributed by atoms with E-state index in [-0.39, 0.29) is 0 Å². The van der Waals surface area contributed by atoms with E-state index in [2.05, 4.69) is 10.3 Å². The van der Waals surface area contributed by atoms with Crippen molar-refractivity contribution < 1.29 is 4.79 Å². The molecule has 0 atom stereocenters. The zero-order chi connectivity index (χ0) is 16.2. The van der Waals surface area contributed by atoms with Gasteiger partial charge in [0, 0.05) is 23.0 Å². The van der Waals surface area contributed by atoms with Gasteiger partial charge in [0.25, 0.3) is 0 Å². The van der Waals surface area contributed by atoms with E-state index in [9.17, 15) is 4.79 Å². The van der Waals surface area contributed by atoms with Gasteiger partial charge in [-0.2, -0.15) is 0 Å². The van der Waals surface area contributed by atoms with Crippen LogP contribution in [0.15, 0.2) is 60.9 Å². The number of aromatic nitrogens is 1. The summed E-state index contributed by atoms with van der Waals surface area (Å²) in [5, 5.41) is 3.33. The van der Waals surface area contributed by atoms with Crippen LogP contribution in [0.4, 0.5) is 17.1 Å². The zero-order valence-corrected chi connectivity index (χ0v) is 12.8. The lowest BCUT2D eigenvalue weighted by molar-refractivity contribution is 0.112. The molecule has 0 amide bonds. The molecule has 1 aromatic heterocycles. The minimum atomic E-state index is 0.650. The molecule has 0 saturated carbocycles. The van der Waals surface area contributed by atoms with Crippen molar-refractivity contribution in [3.63, 3.8) is 0 Å². The van der Waals surface area contributed by atoms with Gasteiger partial charge in [-0.25, -0.2) is 0 Å². The fourth-order valence-corrected chi connectivity index (χ4v) is 2.49. The highest BCUT2D eigenvalue weighted by molar-refractivity contribution is 5.93. The van der Waals surface area contributed by atoms with Crippen LogP contribution in [-0.4, -0.2) is 11.3 Å². The number of anilines is 3. The minimum Gasteiger partial charge on any atom is -0.397 e. The molecule has 0 unspecified atom stereocenters. The molecular weight excluding hydrogens is 286 g/mol. The summed E-state index contributed by atoms with van der Waals surface area (Å²) in [7, 11) is 0. The highest BCUT2D eigenvalue weighted by Crippen LogP contribution is 2.33. The van der Waals surface area contributed by atoms with E-state index in [1.54, 1.807) is 12.4 Å². The van der Waals surface area contributed by atoms with Crippen molar-refractivity contribution in [2.75, 3.05) is 11.1 Å². The molecule has 0 radical (unpaired) electrons. The van der Waals surface area contributed by atoms with Gasteiger partial charge >= 0.3 is 0 Å². The van der Waals surface area contributed by atoms with Gasteiger partial charge in [-0.1, -0.05) is 42.5 Å². The standard InChI is InChI=1S/C19H17N3O/c1-13-10-21-11-18(19(13)20)22-17-9-5-4-8-16(17)15-7-3-2-6-14(15)12-23/h2-12,22H,1H3,(H2,20,21). The Hall–Kier alpha value is -3.14. The van der Waals surface area contributed by atoms with E-state index in [1.165, 1.54) is 0 Å². The van der Waals surface area contributed by atoms with Crippen molar-refractivity contribution in [3.8, 4) is 11.1 Å². The largest absolute Gasteiger partial charge is 0.397 e. The monoisotopic (exact) mass is 303 g/mol. The van der Waals surface area contributed by atoms with Crippen molar-refractivity contribution in [1.29, 1.82) is 0 Å². The third-order valence-corrected chi connectivity index (χ3v) is 3.76. The van der Waals surface area contributed by atoms with Crippen LogP contribution in [-0.2, 0) is 0 Å². The second kappa shape index (κ2) is 6.32. The number of hydrogen-bond acceptors (Lipinski definition) is 4. The van der Waals surface area contributed by atoms with Crippen molar-refractivity contribution in [3.05, 3.63) is 72.1 Å². The summed E-state index contributed by atoms with van der Waals surface area (Å²) >= 11 is 0. The van der Waals surface area contributed by atoms with E-state index in [1.807, 2.05) is 55.5 Å². The van der Waals surface area contributed by atoms with Crippen molar-refractivity contribution >= 4 is 23.3 Å². The van der Waals surface area contributed by atoms with Gasteiger partial charge in [-0.05, 0) is 24.1 Å². The Morgan fingerprint density at radius 3 is 2.43 bits per heavy atom. The number of hydrogen-bond donors (Lipinski definition) is 2. The number of aryl methyl sites for hydroxylation is 1. The van der Waals surface area contributed by atoms with Gasteiger partial charge in [0.1, 0.15) is 0 Å². The first kappa shape index (κ1) is 14.8. The highest BCUT2D eigenvalue weighted by Gasteiger charge is 2.10. The number of aldehydes is 1. The summed E-state index contributed by atoms with van der Waals surface area (Å²) in [4.78, 5) is 15.5. The van der Waals surface area contributed by atoms with E-state index >= 15 is 0 Å². The molecule has 0 aliphatic rings. The summed E-state index contributed by atoms with van der Waals surface area (Å²) in [5.41, 5.74) is 11.8. The molecule has 23 heavy (non-hydrogen) atoms. The van der Waals surface area contributed by atoms with Crippen molar-refractivity contribution in [2.24, 2.45) is 0 Å². The van der Waals surface area contributed by atoms with Crippen LogP contribution in [0.5, 0.6) is 0 Å². The van der Waals surface area contributed by atoms with Gasteiger partial charge in [-0.15, -0.1) is 0 Å². The van der Waals surface area contributed by atoms with Crippen LogP contribution in [0.25, 0.3) is 11.1 Å². The predicted molar refractivity (Wildman–Crippen MR) is 93.9 cm³/mol. The topological polar surface area (TPSA) is 68.0 Å². The number of para-hydroxylation sites is 1. The predicted octanol–water partition coefficient (Wildman–Crippen LogP) is 4.20. The molecule has 0 bridgehead atoms. The van der Waals surface area contributed by atoms with Gasteiger partial charge in [0.15, 0.2) is 6.29 Å². The summed E-state index contributed by atoms with van der Waals surface area (Å²) in [5.74, 6) is 0. The Morgan fingerprint density at radius 2 is 1.65 bits per heavy atom. The molecule has 2 aromatic carbocycles. The highest BCUT2D eigenvalue weighted by atomic mass is 16.1.